The number of rotatable bonds is 5. The van der Waals surface area contributed by atoms with Gasteiger partial charge in [-0.3, -0.25) is 4.79 Å². The molecule has 0 saturated heterocycles. The summed E-state index contributed by atoms with van der Waals surface area (Å²) in [4.78, 5) is 11.0. The van der Waals surface area contributed by atoms with Crippen LogP contribution in [0.4, 0.5) is 13.2 Å². The molecule has 0 spiro atoms. The topological polar surface area (TPSA) is 89.3 Å². The Morgan fingerprint density at radius 1 is 1.41 bits per heavy atom. The molecule has 0 heterocycles. The molecule has 1 amide bonds. The zero-order chi connectivity index (χ0) is 13.0. The molecule has 5 nitrogen and oxygen atoms in total. The van der Waals surface area contributed by atoms with Crippen LogP contribution in [0.15, 0.2) is 0 Å². The van der Waals surface area contributed by atoms with Gasteiger partial charge in [-0.15, -0.1) is 12.4 Å². The molecule has 0 aliphatic rings. The van der Waals surface area contributed by atoms with Gasteiger partial charge in [0, 0.05) is 6.26 Å². The van der Waals surface area contributed by atoms with Gasteiger partial charge in [0.15, 0.2) is 0 Å². The number of amides is 1. The molecule has 0 radical (unpaired) electrons. The molecule has 0 aliphatic carbocycles. The third-order valence-electron chi connectivity index (χ3n) is 1.60. The molecule has 0 rings (SSSR count). The van der Waals surface area contributed by atoms with E-state index in [1.165, 1.54) is 0 Å². The number of alkyl halides is 3. The number of carbonyl (C=O) groups excluding carboxylic acids is 1. The van der Waals surface area contributed by atoms with E-state index in [2.05, 4.69) is 0 Å². The Bertz CT molecular complexity index is 345. The highest BCUT2D eigenvalue weighted by molar-refractivity contribution is 7.90. The Balaban J connectivity index is 0. The van der Waals surface area contributed by atoms with Crippen LogP contribution in [0, 0.1) is 0 Å². The number of hydrogen-bond donors (Lipinski definition) is 2. The lowest BCUT2D eigenvalue weighted by Crippen LogP contribution is -2.44. The van der Waals surface area contributed by atoms with Crippen molar-refractivity contribution in [2.24, 2.45) is 5.73 Å². The van der Waals surface area contributed by atoms with Gasteiger partial charge in [-0.1, -0.05) is 0 Å². The molecule has 1 atom stereocenters. The zero-order valence-electron chi connectivity index (χ0n) is 8.95. The lowest BCUT2D eigenvalue weighted by atomic mass is 10.2. The normalized spacial score (nSPS) is 13.7. The molecule has 104 valence electrons. The Labute approximate surface area is 103 Å². The maximum atomic E-state index is 11.7. The monoisotopic (exact) mass is 298 g/mol. The van der Waals surface area contributed by atoms with Crippen LogP contribution in [0.3, 0.4) is 0 Å². The van der Waals surface area contributed by atoms with E-state index in [1.54, 1.807) is 5.32 Å². The highest BCUT2D eigenvalue weighted by Crippen LogP contribution is 2.12. The molecule has 0 saturated carbocycles. The van der Waals surface area contributed by atoms with Gasteiger partial charge >= 0.3 is 6.18 Å². The number of sulfone groups is 1. The number of halogens is 4. The van der Waals surface area contributed by atoms with Crippen LogP contribution < -0.4 is 11.1 Å². The van der Waals surface area contributed by atoms with Crippen molar-refractivity contribution >= 4 is 28.2 Å². The summed E-state index contributed by atoms with van der Waals surface area (Å²) in [6.45, 7) is -1.47. The fourth-order valence-corrected chi connectivity index (χ4v) is 1.47. The lowest BCUT2D eigenvalue weighted by molar-refractivity contribution is -0.139. The van der Waals surface area contributed by atoms with Gasteiger partial charge in [0.2, 0.25) is 5.91 Å². The summed E-state index contributed by atoms with van der Waals surface area (Å²) < 4.78 is 56.5. The first kappa shape index (κ1) is 18.8. The second-order valence-corrected chi connectivity index (χ2v) is 5.62. The minimum Gasteiger partial charge on any atom is -0.346 e. The predicted octanol–water partition coefficient (Wildman–Crippen LogP) is -0.151. The molecule has 10 heteroatoms. The molecule has 3 N–H and O–H groups in total. The van der Waals surface area contributed by atoms with E-state index in [-0.39, 0.29) is 24.6 Å². The SMILES string of the molecule is CS(=O)(=O)CCC(N)C(=O)NCC(F)(F)F.Cl. The van der Waals surface area contributed by atoms with Crippen LogP contribution in [0.2, 0.25) is 0 Å². The summed E-state index contributed by atoms with van der Waals surface area (Å²) in [6, 6.07) is -1.25. The smallest absolute Gasteiger partial charge is 0.346 e. The molecule has 17 heavy (non-hydrogen) atoms. The van der Waals surface area contributed by atoms with Crippen molar-refractivity contribution in [3.63, 3.8) is 0 Å². The van der Waals surface area contributed by atoms with Crippen molar-refractivity contribution in [1.82, 2.24) is 5.32 Å². The van der Waals surface area contributed by atoms with E-state index in [0.29, 0.717) is 0 Å². The molecule has 0 aliphatic heterocycles. The van der Waals surface area contributed by atoms with Crippen molar-refractivity contribution in [2.75, 3.05) is 18.6 Å². The summed E-state index contributed by atoms with van der Waals surface area (Å²) >= 11 is 0. The molecule has 0 fully saturated rings. The highest BCUT2D eigenvalue weighted by Gasteiger charge is 2.28. The Kier molecular flexibility index (Phi) is 7.77. The van der Waals surface area contributed by atoms with Gasteiger partial charge < -0.3 is 11.1 Å². The van der Waals surface area contributed by atoms with Crippen LogP contribution in [0.5, 0.6) is 0 Å². The lowest BCUT2D eigenvalue weighted by Gasteiger charge is -2.12. The zero-order valence-corrected chi connectivity index (χ0v) is 10.6. The predicted molar refractivity (Wildman–Crippen MR) is 58.6 cm³/mol. The van der Waals surface area contributed by atoms with Gasteiger partial charge in [-0.05, 0) is 6.42 Å². The summed E-state index contributed by atoms with van der Waals surface area (Å²) in [7, 11) is -3.28. The Morgan fingerprint density at radius 2 is 1.88 bits per heavy atom. The third-order valence-corrected chi connectivity index (χ3v) is 2.58. The van der Waals surface area contributed by atoms with Gasteiger partial charge in [0.1, 0.15) is 16.4 Å². The molecule has 0 aromatic rings. The third kappa shape index (κ3) is 11.7. The Morgan fingerprint density at radius 3 is 2.24 bits per heavy atom. The maximum absolute atomic E-state index is 11.7. The first-order valence-electron chi connectivity index (χ1n) is 4.29. The van der Waals surface area contributed by atoms with Gasteiger partial charge in [-0.2, -0.15) is 13.2 Å². The first-order valence-corrected chi connectivity index (χ1v) is 6.35. The molecular formula is C7H14ClF3N2O3S. The molecular weight excluding hydrogens is 285 g/mol. The fourth-order valence-electron chi connectivity index (χ4n) is 0.791. The largest absolute Gasteiger partial charge is 0.405 e. The minimum absolute atomic E-state index is 0. The van der Waals surface area contributed by atoms with Gasteiger partial charge in [0.05, 0.1) is 11.8 Å². The first-order chi connectivity index (χ1) is 7.01. The average Bonchev–Trinajstić information content (AvgIpc) is 2.07. The second kappa shape index (κ2) is 7.02. The van der Waals surface area contributed by atoms with E-state index < -0.39 is 34.5 Å². The number of nitrogens with one attached hydrogen (secondary N) is 1. The van der Waals surface area contributed by atoms with Crippen LogP contribution in [-0.2, 0) is 14.6 Å². The van der Waals surface area contributed by atoms with Crippen molar-refractivity contribution in [3.05, 3.63) is 0 Å². The van der Waals surface area contributed by atoms with Crippen LogP contribution >= 0.6 is 12.4 Å². The molecule has 1 unspecified atom stereocenters. The van der Waals surface area contributed by atoms with Crippen molar-refractivity contribution in [1.29, 1.82) is 0 Å². The summed E-state index contributed by atoms with van der Waals surface area (Å²) in [5.41, 5.74) is 5.21. The van der Waals surface area contributed by atoms with Gasteiger partial charge in [0.25, 0.3) is 0 Å². The van der Waals surface area contributed by atoms with Crippen molar-refractivity contribution in [2.45, 2.75) is 18.6 Å². The Hall–Kier alpha value is -0.540. The molecule has 0 bridgehead atoms. The summed E-state index contributed by atoms with van der Waals surface area (Å²) in [6.07, 6.45) is -3.76. The maximum Gasteiger partial charge on any atom is 0.405 e. The standard InChI is InChI=1S/C7H13F3N2O3S.ClH/c1-16(14,15)3-2-5(11)6(13)12-4-7(8,9)10;/h5H,2-4,11H2,1H3,(H,12,13);1H. The van der Waals surface area contributed by atoms with Crippen LogP contribution in [-0.4, -0.2) is 45.1 Å². The van der Waals surface area contributed by atoms with Crippen molar-refractivity contribution in [3.8, 4) is 0 Å². The van der Waals surface area contributed by atoms with E-state index >= 15 is 0 Å². The van der Waals surface area contributed by atoms with Gasteiger partial charge in [-0.25, -0.2) is 8.42 Å². The number of nitrogens with two attached hydrogens (primary N) is 1. The fraction of sp³-hybridized carbons (Fsp3) is 0.857. The van der Waals surface area contributed by atoms with E-state index in [9.17, 15) is 26.4 Å². The van der Waals surface area contributed by atoms with Crippen LogP contribution in [0.1, 0.15) is 6.42 Å². The average molecular weight is 299 g/mol. The molecule has 0 aromatic heterocycles. The summed E-state index contributed by atoms with van der Waals surface area (Å²) in [5, 5.41) is 1.57. The van der Waals surface area contributed by atoms with E-state index in [0.717, 1.165) is 6.26 Å². The van der Waals surface area contributed by atoms with E-state index in [4.69, 9.17) is 5.73 Å². The van der Waals surface area contributed by atoms with E-state index in [1.807, 2.05) is 0 Å². The van der Waals surface area contributed by atoms with Crippen molar-refractivity contribution < 1.29 is 26.4 Å². The second-order valence-electron chi connectivity index (χ2n) is 3.36. The molecule has 0 aromatic carbocycles. The quantitative estimate of drug-likeness (QED) is 0.738. The highest BCUT2D eigenvalue weighted by atomic mass is 35.5. The number of carbonyl (C=O) groups is 1. The van der Waals surface area contributed by atoms with Crippen LogP contribution in [0.25, 0.3) is 0 Å². The number of hydrogen-bond acceptors (Lipinski definition) is 4. The summed E-state index contributed by atoms with van der Waals surface area (Å²) in [5.74, 6) is -1.35. The minimum atomic E-state index is -4.51.